The zero-order valence-corrected chi connectivity index (χ0v) is 8.84. The molecule has 1 unspecified atom stereocenters. The van der Waals surface area contributed by atoms with E-state index in [2.05, 4.69) is 15.9 Å². The van der Waals surface area contributed by atoms with Crippen LogP contribution < -0.4 is 11.5 Å². The van der Waals surface area contributed by atoms with Crippen molar-refractivity contribution in [3.63, 3.8) is 0 Å². The zero-order chi connectivity index (χ0) is 10.0. The maximum Gasteiger partial charge on any atom is 0.249 e. The van der Waals surface area contributed by atoms with Gasteiger partial charge in [-0.3, -0.25) is 4.79 Å². The lowest BCUT2D eigenvalue weighted by atomic mass is 10.0. The first-order valence-corrected chi connectivity index (χ1v) is 4.66. The lowest BCUT2D eigenvalue weighted by molar-refractivity contribution is 0.0999. The molecule has 13 heavy (non-hydrogen) atoms. The van der Waals surface area contributed by atoms with Crippen molar-refractivity contribution in [1.82, 2.24) is 0 Å². The average Bonchev–Trinajstić information content (AvgIpc) is 2.03. The molecule has 0 fully saturated rings. The number of benzene rings is 1. The summed E-state index contributed by atoms with van der Waals surface area (Å²) in [7, 11) is 0. The highest BCUT2D eigenvalue weighted by Crippen LogP contribution is 2.20. The van der Waals surface area contributed by atoms with E-state index in [0.29, 0.717) is 5.56 Å². The summed E-state index contributed by atoms with van der Waals surface area (Å²) in [6.45, 7) is 1.81. The smallest absolute Gasteiger partial charge is 0.249 e. The first kappa shape index (κ1) is 10.2. The topological polar surface area (TPSA) is 69.1 Å². The van der Waals surface area contributed by atoms with Gasteiger partial charge in [0, 0.05) is 16.1 Å². The quantitative estimate of drug-likeness (QED) is 0.827. The predicted molar refractivity (Wildman–Crippen MR) is 55.3 cm³/mol. The van der Waals surface area contributed by atoms with Crippen LogP contribution in [0.15, 0.2) is 22.7 Å². The number of hydrogen-bond donors (Lipinski definition) is 2. The number of rotatable bonds is 2. The highest BCUT2D eigenvalue weighted by atomic mass is 79.9. The maximum absolute atomic E-state index is 11.0. The van der Waals surface area contributed by atoms with E-state index >= 15 is 0 Å². The molecule has 1 aromatic carbocycles. The van der Waals surface area contributed by atoms with Gasteiger partial charge in [-0.1, -0.05) is 15.9 Å². The Kier molecular flexibility index (Phi) is 3.06. The Bertz CT molecular complexity index is 336. The second-order valence-electron chi connectivity index (χ2n) is 2.88. The number of carbonyl (C=O) groups is 1. The fourth-order valence-corrected chi connectivity index (χ4v) is 1.51. The van der Waals surface area contributed by atoms with Gasteiger partial charge >= 0.3 is 0 Å². The van der Waals surface area contributed by atoms with E-state index in [1.807, 2.05) is 13.0 Å². The van der Waals surface area contributed by atoms with Crippen molar-refractivity contribution in [3.05, 3.63) is 33.8 Å². The van der Waals surface area contributed by atoms with E-state index in [4.69, 9.17) is 11.5 Å². The molecule has 0 aliphatic heterocycles. The number of carbonyl (C=O) groups excluding carboxylic acids is 1. The van der Waals surface area contributed by atoms with E-state index in [1.165, 1.54) is 0 Å². The third-order valence-corrected chi connectivity index (χ3v) is 2.26. The van der Waals surface area contributed by atoms with Gasteiger partial charge < -0.3 is 11.5 Å². The molecule has 4 N–H and O–H groups in total. The van der Waals surface area contributed by atoms with Gasteiger partial charge in [-0.25, -0.2) is 0 Å². The van der Waals surface area contributed by atoms with Crippen LogP contribution in [-0.2, 0) is 0 Å². The second kappa shape index (κ2) is 3.89. The Hall–Kier alpha value is -0.870. The molecule has 0 aromatic heterocycles. The summed E-state index contributed by atoms with van der Waals surface area (Å²) in [5.41, 5.74) is 12.1. The monoisotopic (exact) mass is 242 g/mol. The van der Waals surface area contributed by atoms with Gasteiger partial charge in [0.2, 0.25) is 5.91 Å². The number of halogens is 1. The van der Waals surface area contributed by atoms with Crippen molar-refractivity contribution in [2.24, 2.45) is 11.5 Å². The molecule has 1 atom stereocenters. The minimum Gasteiger partial charge on any atom is -0.366 e. The van der Waals surface area contributed by atoms with Crippen LogP contribution in [0.25, 0.3) is 0 Å². The second-order valence-corrected chi connectivity index (χ2v) is 3.80. The van der Waals surface area contributed by atoms with Crippen molar-refractivity contribution in [3.8, 4) is 0 Å². The first-order valence-electron chi connectivity index (χ1n) is 3.87. The number of hydrogen-bond acceptors (Lipinski definition) is 2. The highest BCUT2D eigenvalue weighted by Gasteiger charge is 2.11. The van der Waals surface area contributed by atoms with Crippen LogP contribution >= 0.6 is 15.9 Å². The standard InChI is InChI=1S/C9H11BrN2O/c1-5(11)8-4-6(10)2-3-7(8)9(12)13/h2-5H,11H2,1H3,(H2,12,13). The fourth-order valence-electron chi connectivity index (χ4n) is 1.13. The van der Waals surface area contributed by atoms with Gasteiger partial charge in [0.05, 0.1) is 0 Å². The first-order chi connectivity index (χ1) is 6.02. The fraction of sp³-hybridized carbons (Fsp3) is 0.222. The van der Waals surface area contributed by atoms with Gasteiger partial charge in [0.15, 0.2) is 0 Å². The molecule has 0 aliphatic rings. The van der Waals surface area contributed by atoms with Crippen LogP contribution in [0.2, 0.25) is 0 Å². The largest absolute Gasteiger partial charge is 0.366 e. The highest BCUT2D eigenvalue weighted by molar-refractivity contribution is 9.10. The van der Waals surface area contributed by atoms with Crippen LogP contribution in [0.4, 0.5) is 0 Å². The molecule has 0 saturated carbocycles. The minimum atomic E-state index is -0.445. The summed E-state index contributed by atoms with van der Waals surface area (Å²) in [5.74, 6) is -0.445. The molecule has 3 nitrogen and oxygen atoms in total. The summed E-state index contributed by atoms with van der Waals surface area (Å²) in [6.07, 6.45) is 0. The molecule has 1 rings (SSSR count). The van der Waals surface area contributed by atoms with Gasteiger partial charge in [-0.05, 0) is 30.7 Å². The lowest BCUT2D eigenvalue weighted by Gasteiger charge is -2.10. The Morgan fingerprint density at radius 3 is 2.62 bits per heavy atom. The van der Waals surface area contributed by atoms with Crippen LogP contribution in [0.3, 0.4) is 0 Å². The zero-order valence-electron chi connectivity index (χ0n) is 7.25. The van der Waals surface area contributed by atoms with Crippen molar-refractivity contribution in [2.45, 2.75) is 13.0 Å². The Balaban J connectivity index is 3.26. The molecule has 0 bridgehead atoms. The lowest BCUT2D eigenvalue weighted by Crippen LogP contribution is -2.17. The number of primary amides is 1. The molecule has 0 aliphatic carbocycles. The summed E-state index contributed by atoms with van der Waals surface area (Å²) >= 11 is 3.31. The van der Waals surface area contributed by atoms with E-state index in [1.54, 1.807) is 12.1 Å². The molecule has 0 saturated heterocycles. The summed E-state index contributed by atoms with van der Waals surface area (Å²) in [5, 5.41) is 0. The van der Waals surface area contributed by atoms with Crippen LogP contribution in [-0.4, -0.2) is 5.91 Å². The minimum absolute atomic E-state index is 0.194. The van der Waals surface area contributed by atoms with Crippen molar-refractivity contribution in [1.29, 1.82) is 0 Å². The van der Waals surface area contributed by atoms with Crippen LogP contribution in [0.1, 0.15) is 28.9 Å². The number of nitrogens with two attached hydrogens (primary N) is 2. The molecule has 70 valence electrons. The van der Waals surface area contributed by atoms with Crippen molar-refractivity contribution >= 4 is 21.8 Å². The van der Waals surface area contributed by atoms with Gasteiger partial charge in [0.1, 0.15) is 0 Å². The third-order valence-electron chi connectivity index (χ3n) is 1.77. The molecular formula is C9H11BrN2O. The molecule has 4 heteroatoms. The Morgan fingerprint density at radius 1 is 1.54 bits per heavy atom. The van der Waals surface area contributed by atoms with Gasteiger partial charge in [0.25, 0.3) is 0 Å². The molecule has 0 spiro atoms. The summed E-state index contributed by atoms with van der Waals surface area (Å²) in [6, 6.07) is 5.06. The summed E-state index contributed by atoms with van der Waals surface area (Å²) in [4.78, 5) is 11.0. The van der Waals surface area contributed by atoms with Gasteiger partial charge in [-0.15, -0.1) is 0 Å². The van der Waals surface area contributed by atoms with E-state index in [0.717, 1.165) is 10.0 Å². The SMILES string of the molecule is CC(N)c1cc(Br)ccc1C(N)=O. The average molecular weight is 243 g/mol. The molecule has 1 amide bonds. The van der Waals surface area contributed by atoms with Gasteiger partial charge in [-0.2, -0.15) is 0 Å². The van der Waals surface area contributed by atoms with Crippen LogP contribution in [0.5, 0.6) is 0 Å². The van der Waals surface area contributed by atoms with E-state index < -0.39 is 5.91 Å². The van der Waals surface area contributed by atoms with E-state index in [9.17, 15) is 4.79 Å². The maximum atomic E-state index is 11.0. The molecule has 1 aromatic rings. The van der Waals surface area contributed by atoms with E-state index in [-0.39, 0.29) is 6.04 Å². The van der Waals surface area contributed by atoms with Crippen molar-refractivity contribution in [2.75, 3.05) is 0 Å². The number of amides is 1. The normalized spacial score (nSPS) is 12.5. The predicted octanol–water partition coefficient (Wildman–Crippen LogP) is 1.57. The Morgan fingerprint density at radius 2 is 2.15 bits per heavy atom. The third kappa shape index (κ3) is 2.29. The van der Waals surface area contributed by atoms with Crippen LogP contribution in [0, 0.1) is 0 Å². The molecule has 0 heterocycles. The Labute approximate surface area is 85.2 Å². The van der Waals surface area contributed by atoms with Crippen molar-refractivity contribution < 1.29 is 4.79 Å². The summed E-state index contributed by atoms with van der Waals surface area (Å²) < 4.78 is 0.893. The molecular weight excluding hydrogens is 232 g/mol. The molecule has 0 radical (unpaired) electrons.